The van der Waals surface area contributed by atoms with Crippen molar-refractivity contribution in [2.24, 2.45) is 0 Å². The standard InChI is InChI=1S/C12H8Cl2OS/c1-7-5-8(6-16-7)12(15)11-9(13)3-2-4-10(11)14/h2-6H,1H3. The van der Waals surface area contributed by atoms with Gasteiger partial charge in [-0.25, -0.2) is 0 Å². The summed E-state index contributed by atoms with van der Waals surface area (Å²) in [5.74, 6) is -0.125. The number of aryl methyl sites for hydroxylation is 1. The van der Waals surface area contributed by atoms with E-state index in [0.717, 1.165) is 4.88 Å². The third-order valence-electron chi connectivity index (χ3n) is 2.18. The number of benzene rings is 1. The Balaban J connectivity index is 2.49. The smallest absolute Gasteiger partial charge is 0.196 e. The Hall–Kier alpha value is -0.830. The summed E-state index contributed by atoms with van der Waals surface area (Å²) in [5, 5.41) is 2.60. The molecular formula is C12H8Cl2OS. The van der Waals surface area contributed by atoms with Crippen LogP contribution in [0.25, 0.3) is 0 Å². The van der Waals surface area contributed by atoms with E-state index in [9.17, 15) is 4.79 Å². The van der Waals surface area contributed by atoms with Gasteiger partial charge in [0.15, 0.2) is 5.78 Å². The summed E-state index contributed by atoms with van der Waals surface area (Å²) in [5.41, 5.74) is 1.01. The highest BCUT2D eigenvalue weighted by Crippen LogP contribution is 2.28. The molecule has 0 aliphatic carbocycles. The highest BCUT2D eigenvalue weighted by atomic mass is 35.5. The molecule has 1 aromatic carbocycles. The lowest BCUT2D eigenvalue weighted by atomic mass is 10.1. The fourth-order valence-electron chi connectivity index (χ4n) is 1.42. The van der Waals surface area contributed by atoms with E-state index in [1.807, 2.05) is 18.4 Å². The molecule has 0 aliphatic rings. The molecule has 2 rings (SSSR count). The molecular weight excluding hydrogens is 263 g/mol. The van der Waals surface area contributed by atoms with E-state index in [1.165, 1.54) is 11.3 Å². The number of carbonyl (C=O) groups excluding carboxylic acids is 1. The second kappa shape index (κ2) is 4.58. The summed E-state index contributed by atoms with van der Waals surface area (Å²) in [6, 6.07) is 6.90. The average molecular weight is 271 g/mol. The van der Waals surface area contributed by atoms with Gasteiger partial charge in [-0.05, 0) is 25.1 Å². The van der Waals surface area contributed by atoms with Gasteiger partial charge in [-0.15, -0.1) is 11.3 Å². The van der Waals surface area contributed by atoms with Gasteiger partial charge in [0, 0.05) is 15.8 Å². The van der Waals surface area contributed by atoms with Crippen LogP contribution in [0.2, 0.25) is 10.0 Å². The van der Waals surface area contributed by atoms with Crippen LogP contribution in [0, 0.1) is 6.92 Å². The normalized spacial score (nSPS) is 10.4. The van der Waals surface area contributed by atoms with Crippen LogP contribution >= 0.6 is 34.5 Å². The first kappa shape index (κ1) is 11.6. The number of thiophene rings is 1. The zero-order valence-corrected chi connectivity index (χ0v) is 10.8. The zero-order chi connectivity index (χ0) is 11.7. The Kier molecular flexibility index (Phi) is 3.33. The van der Waals surface area contributed by atoms with Crippen LogP contribution in [0.1, 0.15) is 20.8 Å². The molecule has 0 spiro atoms. The molecule has 0 amide bonds. The summed E-state index contributed by atoms with van der Waals surface area (Å²) < 4.78 is 0. The second-order valence-electron chi connectivity index (χ2n) is 3.37. The summed E-state index contributed by atoms with van der Waals surface area (Å²) in [7, 11) is 0. The number of hydrogen-bond donors (Lipinski definition) is 0. The summed E-state index contributed by atoms with van der Waals surface area (Å²) in [6.07, 6.45) is 0. The molecule has 0 unspecified atom stereocenters. The van der Waals surface area contributed by atoms with Crippen LogP contribution in [-0.4, -0.2) is 5.78 Å². The average Bonchev–Trinajstić information content (AvgIpc) is 2.64. The molecule has 0 bridgehead atoms. The molecule has 1 aromatic heterocycles. The Morgan fingerprint density at radius 2 is 1.88 bits per heavy atom. The first-order valence-corrected chi connectivity index (χ1v) is 6.27. The minimum absolute atomic E-state index is 0.125. The van der Waals surface area contributed by atoms with Crippen molar-refractivity contribution < 1.29 is 4.79 Å². The fraction of sp³-hybridized carbons (Fsp3) is 0.0833. The van der Waals surface area contributed by atoms with Crippen molar-refractivity contribution in [3.63, 3.8) is 0 Å². The molecule has 0 saturated carbocycles. The van der Waals surface area contributed by atoms with Crippen LogP contribution in [0.3, 0.4) is 0 Å². The summed E-state index contributed by atoms with van der Waals surface area (Å²) in [4.78, 5) is 13.2. The van der Waals surface area contributed by atoms with E-state index >= 15 is 0 Å². The largest absolute Gasteiger partial charge is 0.288 e. The van der Waals surface area contributed by atoms with Crippen LogP contribution in [-0.2, 0) is 0 Å². The van der Waals surface area contributed by atoms with Crippen LogP contribution < -0.4 is 0 Å². The molecule has 82 valence electrons. The minimum atomic E-state index is -0.125. The van der Waals surface area contributed by atoms with Crippen molar-refractivity contribution in [3.05, 3.63) is 55.7 Å². The van der Waals surface area contributed by atoms with E-state index in [-0.39, 0.29) is 5.78 Å². The van der Waals surface area contributed by atoms with E-state index in [2.05, 4.69) is 0 Å². The third kappa shape index (κ3) is 2.14. The first-order valence-electron chi connectivity index (χ1n) is 4.63. The Bertz CT molecular complexity index is 525. The van der Waals surface area contributed by atoms with Crippen molar-refractivity contribution in [3.8, 4) is 0 Å². The Morgan fingerprint density at radius 3 is 2.38 bits per heavy atom. The van der Waals surface area contributed by atoms with Crippen molar-refractivity contribution in [1.82, 2.24) is 0 Å². The Labute approximate surface area is 108 Å². The van der Waals surface area contributed by atoms with E-state index < -0.39 is 0 Å². The highest BCUT2D eigenvalue weighted by molar-refractivity contribution is 7.10. The van der Waals surface area contributed by atoms with Crippen LogP contribution in [0.4, 0.5) is 0 Å². The quantitative estimate of drug-likeness (QED) is 0.730. The highest BCUT2D eigenvalue weighted by Gasteiger charge is 2.17. The second-order valence-corrected chi connectivity index (χ2v) is 5.30. The predicted molar refractivity (Wildman–Crippen MR) is 69.0 cm³/mol. The Morgan fingerprint density at radius 1 is 1.25 bits per heavy atom. The zero-order valence-electron chi connectivity index (χ0n) is 8.46. The van der Waals surface area contributed by atoms with Crippen molar-refractivity contribution in [1.29, 1.82) is 0 Å². The van der Waals surface area contributed by atoms with Gasteiger partial charge in [0.1, 0.15) is 0 Å². The summed E-state index contributed by atoms with van der Waals surface area (Å²) in [6.45, 7) is 1.95. The van der Waals surface area contributed by atoms with Gasteiger partial charge < -0.3 is 0 Å². The fourth-order valence-corrected chi connectivity index (χ4v) is 2.67. The molecule has 0 N–H and O–H groups in total. The molecule has 0 atom stereocenters. The number of halogens is 2. The van der Waals surface area contributed by atoms with Gasteiger partial charge in [-0.2, -0.15) is 0 Å². The predicted octanol–water partition coefficient (Wildman–Crippen LogP) is 4.59. The molecule has 16 heavy (non-hydrogen) atoms. The van der Waals surface area contributed by atoms with Gasteiger partial charge in [-0.3, -0.25) is 4.79 Å². The number of carbonyl (C=O) groups is 1. The van der Waals surface area contributed by atoms with Crippen molar-refractivity contribution in [2.75, 3.05) is 0 Å². The molecule has 1 nitrogen and oxygen atoms in total. The number of rotatable bonds is 2. The monoisotopic (exact) mass is 270 g/mol. The molecule has 0 saturated heterocycles. The van der Waals surface area contributed by atoms with Crippen molar-refractivity contribution in [2.45, 2.75) is 6.92 Å². The minimum Gasteiger partial charge on any atom is -0.288 e. The van der Waals surface area contributed by atoms with Gasteiger partial charge in [-0.1, -0.05) is 29.3 Å². The molecule has 2 aromatic rings. The molecule has 4 heteroatoms. The maximum absolute atomic E-state index is 12.1. The lowest BCUT2D eigenvalue weighted by Crippen LogP contribution is -2.01. The van der Waals surface area contributed by atoms with Gasteiger partial charge in [0.05, 0.1) is 15.6 Å². The number of hydrogen-bond acceptors (Lipinski definition) is 2. The van der Waals surface area contributed by atoms with Gasteiger partial charge in [0.2, 0.25) is 0 Å². The maximum Gasteiger partial charge on any atom is 0.196 e. The van der Waals surface area contributed by atoms with Gasteiger partial charge >= 0.3 is 0 Å². The lowest BCUT2D eigenvalue weighted by molar-refractivity contribution is 0.103. The molecule has 0 radical (unpaired) electrons. The lowest BCUT2D eigenvalue weighted by Gasteiger charge is -2.03. The van der Waals surface area contributed by atoms with Gasteiger partial charge in [0.25, 0.3) is 0 Å². The van der Waals surface area contributed by atoms with E-state index in [1.54, 1.807) is 18.2 Å². The van der Waals surface area contributed by atoms with Crippen LogP contribution in [0.5, 0.6) is 0 Å². The maximum atomic E-state index is 12.1. The van der Waals surface area contributed by atoms with E-state index in [0.29, 0.717) is 21.2 Å². The molecule has 0 aliphatic heterocycles. The first-order chi connectivity index (χ1) is 7.59. The molecule has 0 fully saturated rings. The third-order valence-corrected chi connectivity index (χ3v) is 3.67. The molecule has 1 heterocycles. The van der Waals surface area contributed by atoms with Crippen molar-refractivity contribution >= 4 is 40.3 Å². The van der Waals surface area contributed by atoms with E-state index in [4.69, 9.17) is 23.2 Å². The topological polar surface area (TPSA) is 17.1 Å². The number of ketones is 1. The SMILES string of the molecule is Cc1cc(C(=O)c2c(Cl)cccc2Cl)cs1. The van der Waals surface area contributed by atoms with Crippen LogP contribution in [0.15, 0.2) is 29.6 Å². The summed E-state index contributed by atoms with van der Waals surface area (Å²) >= 11 is 13.5.